The molecule has 0 saturated heterocycles. The van der Waals surface area contributed by atoms with Gasteiger partial charge in [0.15, 0.2) is 11.5 Å². The summed E-state index contributed by atoms with van der Waals surface area (Å²) in [4.78, 5) is 40.3. The predicted octanol–water partition coefficient (Wildman–Crippen LogP) is 4.97. The molecule has 40 heavy (non-hydrogen) atoms. The van der Waals surface area contributed by atoms with Gasteiger partial charge in [-0.15, -0.1) is 0 Å². The number of rotatable bonds is 14. The highest BCUT2D eigenvalue weighted by molar-refractivity contribution is 5.94. The van der Waals surface area contributed by atoms with Crippen LogP contribution in [-0.2, 0) is 22.6 Å². The Morgan fingerprint density at radius 3 is 2.35 bits per heavy atom. The van der Waals surface area contributed by atoms with Crippen LogP contribution in [0, 0.1) is 16.0 Å². The SMILES string of the molecule is COc1ccc(CCN(Cc2ccco2)C(=O)CN(CC(C)C)C(=O)C=Cc2ccc([N+](=O)[O-])cc2)cc1OC. The largest absolute Gasteiger partial charge is 0.493 e. The molecule has 1 heterocycles. The lowest BCUT2D eigenvalue weighted by molar-refractivity contribution is -0.384. The van der Waals surface area contributed by atoms with Gasteiger partial charge in [0.2, 0.25) is 11.8 Å². The Balaban J connectivity index is 1.74. The maximum Gasteiger partial charge on any atom is 0.269 e. The van der Waals surface area contributed by atoms with E-state index in [-0.39, 0.29) is 36.5 Å². The number of hydrogen-bond acceptors (Lipinski definition) is 7. The molecular weight excluding hydrogens is 514 g/mol. The van der Waals surface area contributed by atoms with Gasteiger partial charge < -0.3 is 23.7 Å². The highest BCUT2D eigenvalue weighted by Crippen LogP contribution is 2.28. The number of amides is 2. The molecule has 0 saturated carbocycles. The van der Waals surface area contributed by atoms with Crippen LogP contribution in [0.3, 0.4) is 0 Å². The van der Waals surface area contributed by atoms with Gasteiger partial charge in [-0.2, -0.15) is 0 Å². The Hall–Kier alpha value is -4.60. The third-order valence-corrected chi connectivity index (χ3v) is 6.14. The lowest BCUT2D eigenvalue weighted by Crippen LogP contribution is -2.44. The second kappa shape index (κ2) is 14.5. The fourth-order valence-electron chi connectivity index (χ4n) is 4.10. The molecule has 3 aromatic rings. The van der Waals surface area contributed by atoms with E-state index in [1.54, 1.807) is 55.7 Å². The number of nitrogens with zero attached hydrogens (tertiary/aromatic N) is 3. The summed E-state index contributed by atoms with van der Waals surface area (Å²) in [5.74, 6) is 1.47. The summed E-state index contributed by atoms with van der Waals surface area (Å²) in [5.41, 5.74) is 1.58. The standard InChI is InChI=1S/C30H35N3O7/c1-22(2)19-32(29(34)14-10-23-7-11-25(12-8-23)33(36)37)21-30(35)31(20-26-6-5-17-40-26)16-15-24-9-13-27(38-3)28(18-24)39-4/h5-14,17-18,22H,15-16,19-21H2,1-4H3. The van der Waals surface area contributed by atoms with Crippen LogP contribution in [0.4, 0.5) is 5.69 Å². The molecule has 10 nitrogen and oxygen atoms in total. The molecule has 0 atom stereocenters. The summed E-state index contributed by atoms with van der Waals surface area (Å²) in [5, 5.41) is 10.9. The number of methoxy groups -OCH3 is 2. The van der Waals surface area contributed by atoms with Gasteiger partial charge in [0.05, 0.1) is 32.0 Å². The van der Waals surface area contributed by atoms with Gasteiger partial charge in [0.1, 0.15) is 12.3 Å². The minimum atomic E-state index is -0.478. The lowest BCUT2D eigenvalue weighted by atomic mass is 10.1. The monoisotopic (exact) mass is 549 g/mol. The molecule has 2 aromatic carbocycles. The molecule has 0 aliphatic carbocycles. The minimum absolute atomic E-state index is 0.0276. The first-order chi connectivity index (χ1) is 19.2. The maximum atomic E-state index is 13.5. The molecule has 0 fully saturated rings. The van der Waals surface area contributed by atoms with E-state index in [9.17, 15) is 19.7 Å². The fraction of sp³-hybridized carbons (Fsp3) is 0.333. The molecule has 0 aliphatic rings. The zero-order chi connectivity index (χ0) is 29.1. The molecule has 0 spiro atoms. The lowest BCUT2D eigenvalue weighted by Gasteiger charge is -2.28. The molecule has 3 rings (SSSR count). The van der Waals surface area contributed by atoms with E-state index in [4.69, 9.17) is 13.9 Å². The van der Waals surface area contributed by atoms with Crippen molar-refractivity contribution in [3.05, 3.63) is 93.9 Å². The first-order valence-electron chi connectivity index (χ1n) is 12.9. The minimum Gasteiger partial charge on any atom is -0.493 e. The molecule has 2 amide bonds. The molecular formula is C30H35N3O7. The smallest absolute Gasteiger partial charge is 0.269 e. The summed E-state index contributed by atoms with van der Waals surface area (Å²) >= 11 is 0. The number of hydrogen-bond donors (Lipinski definition) is 0. The number of carbonyl (C=O) groups is 2. The number of carbonyl (C=O) groups excluding carboxylic acids is 2. The van der Waals surface area contributed by atoms with E-state index in [1.807, 2.05) is 32.0 Å². The van der Waals surface area contributed by atoms with Crippen molar-refractivity contribution in [1.82, 2.24) is 9.80 Å². The predicted molar refractivity (Wildman–Crippen MR) is 151 cm³/mol. The Morgan fingerprint density at radius 2 is 1.75 bits per heavy atom. The third-order valence-electron chi connectivity index (χ3n) is 6.14. The summed E-state index contributed by atoms with van der Waals surface area (Å²) < 4.78 is 16.2. The molecule has 0 unspecified atom stereocenters. The number of benzene rings is 2. The second-order valence-electron chi connectivity index (χ2n) is 9.63. The number of nitro groups is 1. The van der Waals surface area contributed by atoms with E-state index >= 15 is 0 Å². The zero-order valence-electron chi connectivity index (χ0n) is 23.2. The maximum absolute atomic E-state index is 13.5. The molecule has 0 radical (unpaired) electrons. The van der Waals surface area contributed by atoms with Crippen LogP contribution >= 0.6 is 0 Å². The Morgan fingerprint density at radius 1 is 1.02 bits per heavy atom. The molecule has 0 bridgehead atoms. The zero-order valence-corrected chi connectivity index (χ0v) is 23.2. The summed E-state index contributed by atoms with van der Waals surface area (Å²) in [6.07, 6.45) is 5.09. The first kappa shape index (κ1) is 29.9. The van der Waals surface area contributed by atoms with Crippen molar-refractivity contribution in [2.45, 2.75) is 26.8 Å². The van der Waals surface area contributed by atoms with Gasteiger partial charge in [0.25, 0.3) is 5.69 Å². The van der Waals surface area contributed by atoms with Crippen LogP contribution in [0.5, 0.6) is 11.5 Å². The van der Waals surface area contributed by atoms with Crippen molar-refractivity contribution in [3.8, 4) is 11.5 Å². The normalized spacial score (nSPS) is 11.0. The van der Waals surface area contributed by atoms with Crippen LogP contribution in [0.1, 0.15) is 30.7 Å². The molecule has 0 N–H and O–H groups in total. The third kappa shape index (κ3) is 8.72. The number of non-ortho nitro benzene ring substituents is 1. The van der Waals surface area contributed by atoms with E-state index in [0.29, 0.717) is 42.3 Å². The van der Waals surface area contributed by atoms with Crippen molar-refractivity contribution in [2.24, 2.45) is 5.92 Å². The summed E-state index contributed by atoms with van der Waals surface area (Å²) in [7, 11) is 3.15. The molecule has 0 aliphatic heterocycles. The average Bonchev–Trinajstić information content (AvgIpc) is 3.46. The van der Waals surface area contributed by atoms with Crippen molar-refractivity contribution >= 4 is 23.6 Å². The Kier molecular flexibility index (Phi) is 10.9. The van der Waals surface area contributed by atoms with Crippen molar-refractivity contribution in [1.29, 1.82) is 0 Å². The first-order valence-corrected chi connectivity index (χ1v) is 12.9. The number of furan rings is 1. The van der Waals surface area contributed by atoms with Crippen LogP contribution < -0.4 is 9.47 Å². The van der Waals surface area contributed by atoms with E-state index in [0.717, 1.165) is 5.56 Å². The topological polar surface area (TPSA) is 115 Å². The average molecular weight is 550 g/mol. The van der Waals surface area contributed by atoms with Gasteiger partial charge in [-0.1, -0.05) is 19.9 Å². The van der Waals surface area contributed by atoms with Gasteiger partial charge in [-0.25, -0.2) is 0 Å². The fourth-order valence-corrected chi connectivity index (χ4v) is 4.10. The van der Waals surface area contributed by atoms with E-state index in [1.165, 1.54) is 23.1 Å². The van der Waals surface area contributed by atoms with Gasteiger partial charge in [0, 0.05) is 31.3 Å². The quantitative estimate of drug-likeness (QED) is 0.158. The Bertz CT molecular complexity index is 1300. The molecule has 10 heteroatoms. The van der Waals surface area contributed by atoms with Crippen molar-refractivity contribution in [2.75, 3.05) is 33.9 Å². The van der Waals surface area contributed by atoms with E-state index in [2.05, 4.69) is 0 Å². The summed E-state index contributed by atoms with van der Waals surface area (Å²) in [6, 6.07) is 15.1. The number of nitro benzene ring substituents is 1. The van der Waals surface area contributed by atoms with Gasteiger partial charge >= 0.3 is 0 Å². The van der Waals surface area contributed by atoms with E-state index < -0.39 is 4.92 Å². The van der Waals surface area contributed by atoms with Crippen molar-refractivity contribution in [3.63, 3.8) is 0 Å². The highest BCUT2D eigenvalue weighted by atomic mass is 16.6. The highest BCUT2D eigenvalue weighted by Gasteiger charge is 2.22. The van der Waals surface area contributed by atoms with Crippen LogP contribution in [0.15, 0.2) is 71.4 Å². The van der Waals surface area contributed by atoms with Crippen LogP contribution in [-0.4, -0.2) is 60.4 Å². The van der Waals surface area contributed by atoms with Gasteiger partial charge in [-0.3, -0.25) is 19.7 Å². The van der Waals surface area contributed by atoms with Crippen LogP contribution in [0.25, 0.3) is 6.08 Å². The second-order valence-corrected chi connectivity index (χ2v) is 9.63. The Labute approximate surface area is 233 Å². The summed E-state index contributed by atoms with van der Waals surface area (Å²) in [6.45, 7) is 4.90. The van der Waals surface area contributed by atoms with Gasteiger partial charge in [-0.05, 0) is 65.9 Å². The number of ether oxygens (including phenoxy) is 2. The van der Waals surface area contributed by atoms with Crippen molar-refractivity contribution < 1.29 is 28.4 Å². The molecule has 1 aromatic heterocycles. The molecule has 212 valence electrons. The van der Waals surface area contributed by atoms with Crippen LogP contribution in [0.2, 0.25) is 0 Å².